The number of rotatable bonds is 4. The van der Waals surface area contributed by atoms with Crippen LogP contribution < -0.4 is 10.2 Å². The maximum atomic E-state index is 11.7. The zero-order valence-electron chi connectivity index (χ0n) is 11.0. The average molecular weight is 248 g/mol. The number of hydrogen-bond donors (Lipinski definition) is 1. The summed E-state index contributed by atoms with van der Waals surface area (Å²) in [6.45, 7) is 5.14. The number of amides is 1. The molecule has 18 heavy (non-hydrogen) atoms. The molecular weight excluding hydrogens is 228 g/mol. The van der Waals surface area contributed by atoms with Crippen LogP contribution in [0.1, 0.15) is 13.3 Å². The first-order chi connectivity index (χ1) is 8.70. The van der Waals surface area contributed by atoms with E-state index in [1.54, 1.807) is 4.90 Å². The van der Waals surface area contributed by atoms with Gasteiger partial charge < -0.3 is 15.1 Å². The third kappa shape index (κ3) is 2.91. The fourth-order valence-corrected chi connectivity index (χ4v) is 1.95. The largest absolute Gasteiger partial charge is 0.384 e. The molecule has 1 aliphatic heterocycles. The molecule has 0 bridgehead atoms. The second-order valence-corrected chi connectivity index (χ2v) is 4.60. The molecule has 1 aromatic rings. The lowest BCUT2D eigenvalue weighted by Gasteiger charge is -2.33. The molecule has 1 aliphatic rings. The van der Waals surface area contributed by atoms with Crippen molar-refractivity contribution in [3.8, 4) is 0 Å². The molecular formula is C13H20N4O. The average Bonchev–Trinajstić information content (AvgIpc) is 2.40. The molecule has 1 saturated heterocycles. The Morgan fingerprint density at radius 1 is 1.39 bits per heavy atom. The molecule has 0 saturated carbocycles. The predicted molar refractivity (Wildman–Crippen MR) is 72.9 cm³/mol. The Balaban J connectivity index is 2.06. The van der Waals surface area contributed by atoms with Gasteiger partial charge >= 0.3 is 0 Å². The number of nitrogens with one attached hydrogen (secondary N) is 1. The summed E-state index contributed by atoms with van der Waals surface area (Å²) in [5.74, 6) is 0.160. The summed E-state index contributed by atoms with van der Waals surface area (Å²) in [5, 5.41) is 3.31. The summed E-state index contributed by atoms with van der Waals surface area (Å²) in [6, 6.07) is 2.06. The molecule has 5 nitrogen and oxygen atoms in total. The van der Waals surface area contributed by atoms with Crippen molar-refractivity contribution in [1.29, 1.82) is 0 Å². The molecule has 0 atom stereocenters. The lowest BCUT2D eigenvalue weighted by molar-refractivity contribution is -0.129. The van der Waals surface area contributed by atoms with E-state index in [-0.39, 0.29) is 5.91 Å². The van der Waals surface area contributed by atoms with Crippen molar-refractivity contribution in [1.82, 2.24) is 9.88 Å². The van der Waals surface area contributed by atoms with Gasteiger partial charge in [-0.15, -0.1) is 0 Å². The van der Waals surface area contributed by atoms with Crippen molar-refractivity contribution in [3.05, 3.63) is 18.5 Å². The highest BCUT2D eigenvalue weighted by molar-refractivity contribution is 5.82. The lowest BCUT2D eigenvalue weighted by Crippen LogP contribution is -2.48. The van der Waals surface area contributed by atoms with E-state index >= 15 is 0 Å². The minimum Gasteiger partial charge on any atom is -0.384 e. The van der Waals surface area contributed by atoms with E-state index in [9.17, 15) is 4.79 Å². The Labute approximate surface area is 108 Å². The summed E-state index contributed by atoms with van der Waals surface area (Å²) in [4.78, 5) is 19.8. The summed E-state index contributed by atoms with van der Waals surface area (Å²) < 4.78 is 0. The second kappa shape index (κ2) is 5.71. The summed E-state index contributed by atoms with van der Waals surface area (Å²) in [7, 11) is 1.84. The quantitative estimate of drug-likeness (QED) is 0.869. The molecule has 0 spiro atoms. The van der Waals surface area contributed by atoms with Crippen LogP contribution in [-0.4, -0.2) is 49.0 Å². The zero-order chi connectivity index (χ0) is 13.0. The molecule has 1 N–H and O–H groups in total. The minimum atomic E-state index is 0.160. The number of pyridine rings is 1. The number of nitrogens with zero attached hydrogens (tertiary/aromatic N) is 3. The molecule has 98 valence electrons. The van der Waals surface area contributed by atoms with Gasteiger partial charge in [0.05, 0.1) is 30.3 Å². The number of carbonyl (C=O) groups is 1. The molecule has 0 aromatic carbocycles. The summed E-state index contributed by atoms with van der Waals surface area (Å²) >= 11 is 0. The zero-order valence-corrected chi connectivity index (χ0v) is 11.0. The fraction of sp³-hybridized carbons (Fsp3) is 0.538. The van der Waals surface area contributed by atoms with Crippen molar-refractivity contribution in [2.75, 3.05) is 43.4 Å². The van der Waals surface area contributed by atoms with Crippen molar-refractivity contribution >= 4 is 17.3 Å². The monoisotopic (exact) mass is 248 g/mol. The van der Waals surface area contributed by atoms with Crippen LogP contribution in [0.5, 0.6) is 0 Å². The highest BCUT2D eigenvalue weighted by Gasteiger charge is 2.21. The van der Waals surface area contributed by atoms with Crippen molar-refractivity contribution < 1.29 is 4.79 Å². The van der Waals surface area contributed by atoms with Crippen LogP contribution in [-0.2, 0) is 4.79 Å². The molecule has 1 aromatic heterocycles. The molecule has 1 amide bonds. The van der Waals surface area contributed by atoms with Gasteiger partial charge in [-0.25, -0.2) is 0 Å². The molecule has 0 radical (unpaired) electrons. The van der Waals surface area contributed by atoms with Gasteiger partial charge in [0.1, 0.15) is 0 Å². The Kier molecular flexibility index (Phi) is 4.02. The summed E-state index contributed by atoms with van der Waals surface area (Å²) in [6.07, 6.45) is 4.71. The third-order valence-corrected chi connectivity index (χ3v) is 3.13. The van der Waals surface area contributed by atoms with Crippen LogP contribution in [0, 0.1) is 0 Å². The molecule has 0 unspecified atom stereocenters. The normalized spacial score (nSPS) is 16.0. The molecule has 2 rings (SSSR count). The van der Waals surface area contributed by atoms with Crippen LogP contribution in [0.4, 0.5) is 11.4 Å². The van der Waals surface area contributed by atoms with E-state index in [4.69, 9.17) is 0 Å². The smallest absolute Gasteiger partial charge is 0.241 e. The van der Waals surface area contributed by atoms with Gasteiger partial charge in [-0.05, 0) is 12.5 Å². The Bertz CT molecular complexity index is 421. The molecule has 5 heteroatoms. The lowest BCUT2D eigenvalue weighted by atomic mass is 10.2. The molecule has 0 aliphatic carbocycles. The van der Waals surface area contributed by atoms with Gasteiger partial charge in [0.15, 0.2) is 0 Å². The first-order valence-electron chi connectivity index (χ1n) is 6.38. The van der Waals surface area contributed by atoms with Gasteiger partial charge in [-0.3, -0.25) is 9.78 Å². The van der Waals surface area contributed by atoms with Gasteiger partial charge in [-0.1, -0.05) is 6.92 Å². The number of aromatic nitrogens is 1. The minimum absolute atomic E-state index is 0.160. The highest BCUT2D eigenvalue weighted by Crippen LogP contribution is 2.19. The van der Waals surface area contributed by atoms with Crippen LogP contribution in [0.15, 0.2) is 18.5 Å². The fourth-order valence-electron chi connectivity index (χ4n) is 1.95. The number of carbonyl (C=O) groups excluding carboxylic acids is 1. The first-order valence-corrected chi connectivity index (χ1v) is 6.38. The van der Waals surface area contributed by atoms with Crippen molar-refractivity contribution in [2.24, 2.45) is 0 Å². The van der Waals surface area contributed by atoms with E-state index in [0.29, 0.717) is 6.54 Å². The standard InChI is InChI=1S/C13H20N4O/c1-3-4-15-11-7-12(9-14-8-11)17-6-5-16(2)13(18)10-17/h7-9,15H,3-6,10H2,1-2H3. The van der Waals surface area contributed by atoms with Crippen LogP contribution in [0.2, 0.25) is 0 Å². The third-order valence-electron chi connectivity index (χ3n) is 3.13. The Morgan fingerprint density at radius 2 is 2.22 bits per heavy atom. The van der Waals surface area contributed by atoms with Crippen molar-refractivity contribution in [2.45, 2.75) is 13.3 Å². The Morgan fingerprint density at radius 3 is 2.94 bits per heavy atom. The van der Waals surface area contributed by atoms with Gasteiger partial charge in [-0.2, -0.15) is 0 Å². The van der Waals surface area contributed by atoms with Crippen LogP contribution in [0.3, 0.4) is 0 Å². The van der Waals surface area contributed by atoms with E-state index in [1.807, 2.05) is 19.4 Å². The van der Waals surface area contributed by atoms with Gasteiger partial charge in [0, 0.05) is 26.7 Å². The highest BCUT2D eigenvalue weighted by atomic mass is 16.2. The van der Waals surface area contributed by atoms with E-state index in [0.717, 1.165) is 37.4 Å². The first kappa shape index (κ1) is 12.7. The van der Waals surface area contributed by atoms with Crippen molar-refractivity contribution in [3.63, 3.8) is 0 Å². The SMILES string of the molecule is CCCNc1cncc(N2CCN(C)C(=O)C2)c1. The number of likely N-dealkylation sites (N-methyl/N-ethyl adjacent to an activating group) is 1. The second-order valence-electron chi connectivity index (χ2n) is 4.60. The number of piperazine rings is 1. The van der Waals surface area contributed by atoms with E-state index in [1.165, 1.54) is 0 Å². The Hall–Kier alpha value is -1.78. The van der Waals surface area contributed by atoms with E-state index in [2.05, 4.69) is 28.2 Å². The maximum Gasteiger partial charge on any atom is 0.241 e. The summed E-state index contributed by atoms with van der Waals surface area (Å²) in [5.41, 5.74) is 2.03. The van der Waals surface area contributed by atoms with Gasteiger partial charge in [0.25, 0.3) is 0 Å². The number of anilines is 2. The van der Waals surface area contributed by atoms with Crippen LogP contribution >= 0.6 is 0 Å². The topological polar surface area (TPSA) is 48.5 Å². The maximum absolute atomic E-state index is 11.7. The van der Waals surface area contributed by atoms with E-state index < -0.39 is 0 Å². The molecule has 1 fully saturated rings. The van der Waals surface area contributed by atoms with Crippen LogP contribution in [0.25, 0.3) is 0 Å². The van der Waals surface area contributed by atoms with Gasteiger partial charge in [0.2, 0.25) is 5.91 Å². The number of hydrogen-bond acceptors (Lipinski definition) is 4. The molecule has 2 heterocycles. The predicted octanol–water partition coefficient (Wildman–Crippen LogP) is 1.18.